The molecule has 5 heteroatoms. The Hall–Kier alpha value is -3.08. The Morgan fingerprint density at radius 1 is 0.750 bits per heavy atom. The van der Waals surface area contributed by atoms with Crippen molar-refractivity contribution >= 4 is 5.97 Å². The number of carbonyl (C=O) groups is 1. The van der Waals surface area contributed by atoms with Crippen LogP contribution < -0.4 is 4.74 Å². The molecule has 0 aliphatic rings. The predicted octanol–water partition coefficient (Wildman–Crippen LogP) is 8.53. The van der Waals surface area contributed by atoms with Crippen LogP contribution in [0.25, 0.3) is 11.4 Å². The molecule has 0 spiro atoms. The maximum Gasteiger partial charge on any atom is 0.343 e. The fourth-order valence-electron chi connectivity index (χ4n) is 4.20. The summed E-state index contributed by atoms with van der Waals surface area (Å²) in [5.41, 5.74) is 3.22. The maximum absolute atomic E-state index is 14.4. The van der Waals surface area contributed by atoms with Gasteiger partial charge in [0.05, 0.1) is 5.56 Å². The summed E-state index contributed by atoms with van der Waals surface area (Å²) in [4.78, 5) is 21.5. The van der Waals surface area contributed by atoms with Crippen LogP contribution in [-0.4, -0.2) is 15.9 Å². The van der Waals surface area contributed by atoms with E-state index in [1.54, 1.807) is 24.3 Å². The van der Waals surface area contributed by atoms with Gasteiger partial charge in [0.15, 0.2) is 17.4 Å². The molecule has 0 bridgehead atoms. The molecule has 192 valence electrons. The van der Waals surface area contributed by atoms with Crippen molar-refractivity contribution in [3.05, 3.63) is 77.4 Å². The van der Waals surface area contributed by atoms with Gasteiger partial charge in [-0.15, -0.1) is 0 Å². The summed E-state index contributed by atoms with van der Waals surface area (Å²) in [5, 5.41) is 0. The molecule has 0 aliphatic heterocycles. The van der Waals surface area contributed by atoms with Gasteiger partial charge in [-0.1, -0.05) is 83.4 Å². The molecule has 0 amide bonds. The van der Waals surface area contributed by atoms with Crippen molar-refractivity contribution in [3.63, 3.8) is 0 Å². The van der Waals surface area contributed by atoms with Gasteiger partial charge < -0.3 is 4.74 Å². The molecule has 1 heterocycles. The van der Waals surface area contributed by atoms with E-state index < -0.39 is 11.8 Å². The van der Waals surface area contributed by atoms with Gasteiger partial charge >= 0.3 is 5.97 Å². The van der Waals surface area contributed by atoms with E-state index in [0.717, 1.165) is 55.2 Å². The van der Waals surface area contributed by atoms with Crippen LogP contribution in [-0.2, 0) is 12.8 Å². The van der Waals surface area contributed by atoms with E-state index in [2.05, 4.69) is 23.8 Å². The van der Waals surface area contributed by atoms with Gasteiger partial charge in [-0.25, -0.2) is 19.2 Å². The fraction of sp³-hybridized carbons (Fsp3) is 0.452. The van der Waals surface area contributed by atoms with E-state index in [1.165, 1.54) is 50.7 Å². The highest BCUT2D eigenvalue weighted by Crippen LogP contribution is 2.22. The van der Waals surface area contributed by atoms with Gasteiger partial charge in [-0.05, 0) is 61.1 Å². The lowest BCUT2D eigenvalue weighted by molar-refractivity contribution is 0.0728. The van der Waals surface area contributed by atoms with Crippen LogP contribution in [0.5, 0.6) is 5.75 Å². The minimum Gasteiger partial charge on any atom is -0.420 e. The zero-order chi connectivity index (χ0) is 25.6. The lowest BCUT2D eigenvalue weighted by Crippen LogP contribution is -2.09. The van der Waals surface area contributed by atoms with E-state index in [9.17, 15) is 9.18 Å². The van der Waals surface area contributed by atoms with Crippen LogP contribution in [0.3, 0.4) is 0 Å². The molecular formula is C31H39FN2O2. The van der Waals surface area contributed by atoms with Gasteiger partial charge in [-0.3, -0.25) is 0 Å². The van der Waals surface area contributed by atoms with Crippen molar-refractivity contribution in [1.82, 2.24) is 9.97 Å². The number of unbranched alkanes of at least 4 members (excludes halogenated alkanes) is 8. The van der Waals surface area contributed by atoms with Gasteiger partial charge in [0.25, 0.3) is 0 Å². The van der Waals surface area contributed by atoms with Crippen LogP contribution in [0.4, 0.5) is 4.39 Å². The molecule has 0 radical (unpaired) electrons. The summed E-state index contributed by atoms with van der Waals surface area (Å²) in [6.45, 7) is 4.38. The summed E-state index contributed by atoms with van der Waals surface area (Å²) in [6.07, 6.45) is 17.8. The average Bonchev–Trinajstić information content (AvgIpc) is 2.90. The lowest BCUT2D eigenvalue weighted by atomic mass is 10.1. The predicted molar refractivity (Wildman–Crippen MR) is 144 cm³/mol. The second-order valence-electron chi connectivity index (χ2n) is 9.47. The number of halogens is 1. The molecular weight excluding hydrogens is 451 g/mol. The number of esters is 1. The fourth-order valence-corrected chi connectivity index (χ4v) is 4.20. The molecule has 3 rings (SSSR count). The topological polar surface area (TPSA) is 52.1 Å². The molecule has 0 atom stereocenters. The van der Waals surface area contributed by atoms with Crippen LogP contribution in [0.2, 0.25) is 0 Å². The third-order valence-corrected chi connectivity index (χ3v) is 6.42. The molecule has 0 saturated heterocycles. The Morgan fingerprint density at radius 2 is 1.33 bits per heavy atom. The highest BCUT2D eigenvalue weighted by atomic mass is 19.1. The standard InChI is InChI=1S/C31H39FN2O2/c1-3-5-7-8-9-10-12-14-25-22-33-30(34-23-25)26-16-18-27(19-17-26)31(35)36-29-20-15-24(21-28(29)32)13-11-6-4-2/h15-23H,3-14H2,1-2H3. The SMILES string of the molecule is CCCCCCCCCc1cnc(-c2ccc(C(=O)Oc3ccc(CCCCC)cc3F)cc2)nc1. The molecule has 0 N–H and O–H groups in total. The summed E-state index contributed by atoms with van der Waals surface area (Å²) in [6, 6.07) is 11.7. The van der Waals surface area contributed by atoms with Crippen LogP contribution in [0.1, 0.15) is 99.5 Å². The zero-order valence-corrected chi connectivity index (χ0v) is 21.8. The summed E-state index contributed by atoms with van der Waals surface area (Å²) < 4.78 is 19.7. The van der Waals surface area contributed by atoms with Gasteiger partial charge in [0.2, 0.25) is 0 Å². The van der Waals surface area contributed by atoms with Crippen molar-refractivity contribution < 1.29 is 13.9 Å². The van der Waals surface area contributed by atoms with Crippen molar-refractivity contribution in [2.45, 2.75) is 90.9 Å². The molecule has 0 unspecified atom stereocenters. The second kappa shape index (κ2) is 15.1. The normalized spacial score (nSPS) is 11.0. The molecule has 36 heavy (non-hydrogen) atoms. The highest BCUT2D eigenvalue weighted by Gasteiger charge is 2.13. The van der Waals surface area contributed by atoms with Crippen molar-refractivity contribution in [3.8, 4) is 17.1 Å². The van der Waals surface area contributed by atoms with Gasteiger partial charge in [0, 0.05) is 18.0 Å². The largest absolute Gasteiger partial charge is 0.420 e. The molecule has 0 fully saturated rings. The van der Waals surface area contributed by atoms with E-state index in [4.69, 9.17) is 4.74 Å². The third kappa shape index (κ3) is 8.85. The second-order valence-corrected chi connectivity index (χ2v) is 9.47. The Kier molecular flexibility index (Phi) is 11.6. The van der Waals surface area contributed by atoms with Crippen LogP contribution >= 0.6 is 0 Å². The van der Waals surface area contributed by atoms with E-state index >= 15 is 0 Å². The Balaban J connectivity index is 1.49. The number of benzene rings is 2. The molecule has 2 aromatic carbocycles. The lowest BCUT2D eigenvalue weighted by Gasteiger charge is -2.08. The monoisotopic (exact) mass is 490 g/mol. The Bertz CT molecular complexity index is 1060. The molecule has 1 aromatic heterocycles. The first kappa shape index (κ1) is 27.5. The number of carbonyl (C=O) groups excluding carboxylic acids is 1. The highest BCUT2D eigenvalue weighted by molar-refractivity contribution is 5.91. The number of aryl methyl sites for hydroxylation is 2. The Labute approximate surface area is 215 Å². The molecule has 4 nitrogen and oxygen atoms in total. The van der Waals surface area contributed by atoms with E-state index in [-0.39, 0.29) is 5.75 Å². The quantitative estimate of drug-likeness (QED) is 0.122. The van der Waals surface area contributed by atoms with Crippen LogP contribution in [0, 0.1) is 5.82 Å². The smallest absolute Gasteiger partial charge is 0.343 e. The average molecular weight is 491 g/mol. The first-order chi connectivity index (χ1) is 17.6. The maximum atomic E-state index is 14.4. The molecule has 0 saturated carbocycles. The number of ether oxygens (including phenoxy) is 1. The third-order valence-electron chi connectivity index (χ3n) is 6.42. The van der Waals surface area contributed by atoms with Crippen LogP contribution in [0.15, 0.2) is 54.9 Å². The molecule has 3 aromatic rings. The minimum absolute atomic E-state index is 0.0526. The van der Waals surface area contributed by atoms with Crippen molar-refractivity contribution in [2.75, 3.05) is 0 Å². The number of rotatable bonds is 15. The summed E-state index contributed by atoms with van der Waals surface area (Å²) in [5.74, 6) is -0.546. The summed E-state index contributed by atoms with van der Waals surface area (Å²) >= 11 is 0. The minimum atomic E-state index is -0.592. The Morgan fingerprint density at radius 3 is 2.00 bits per heavy atom. The first-order valence-corrected chi connectivity index (χ1v) is 13.5. The van der Waals surface area contributed by atoms with Crippen molar-refractivity contribution in [2.24, 2.45) is 0 Å². The zero-order valence-electron chi connectivity index (χ0n) is 21.8. The number of hydrogen-bond donors (Lipinski definition) is 0. The summed E-state index contributed by atoms with van der Waals surface area (Å²) in [7, 11) is 0. The number of nitrogens with zero attached hydrogens (tertiary/aromatic N) is 2. The molecule has 0 aliphatic carbocycles. The first-order valence-electron chi connectivity index (χ1n) is 13.5. The number of hydrogen-bond acceptors (Lipinski definition) is 4. The van der Waals surface area contributed by atoms with Gasteiger partial charge in [0.1, 0.15) is 0 Å². The number of aromatic nitrogens is 2. The van der Waals surface area contributed by atoms with Crippen molar-refractivity contribution in [1.29, 1.82) is 0 Å². The van der Waals surface area contributed by atoms with Gasteiger partial charge in [-0.2, -0.15) is 0 Å². The van der Waals surface area contributed by atoms with E-state index in [1.807, 2.05) is 18.5 Å². The van der Waals surface area contributed by atoms with E-state index in [0.29, 0.717) is 11.4 Å².